The van der Waals surface area contributed by atoms with Crippen molar-refractivity contribution in [1.29, 1.82) is 0 Å². The van der Waals surface area contributed by atoms with Crippen molar-refractivity contribution in [3.05, 3.63) is 74.6 Å². The van der Waals surface area contributed by atoms with Crippen molar-refractivity contribution in [2.24, 2.45) is 0 Å². The number of fused-ring (bicyclic) bond motifs is 1. The Bertz CT molecular complexity index is 998. The SMILES string of the molecule is CC1(c2ccccc2)OCC(c2cc(=O)oc3cc(O)c(Br)cc23)O1. The highest BCUT2D eigenvalue weighted by molar-refractivity contribution is 9.10. The third kappa shape index (κ3) is 2.86. The van der Waals surface area contributed by atoms with Crippen LogP contribution in [-0.2, 0) is 15.3 Å². The van der Waals surface area contributed by atoms with Gasteiger partial charge >= 0.3 is 5.63 Å². The van der Waals surface area contributed by atoms with E-state index in [1.807, 2.05) is 37.3 Å². The fourth-order valence-corrected chi connectivity index (χ4v) is 3.42. The van der Waals surface area contributed by atoms with Crippen molar-refractivity contribution >= 4 is 26.9 Å². The van der Waals surface area contributed by atoms with E-state index in [1.54, 1.807) is 6.07 Å². The molecule has 5 nitrogen and oxygen atoms in total. The van der Waals surface area contributed by atoms with Crippen LogP contribution in [0, 0.1) is 0 Å². The van der Waals surface area contributed by atoms with Crippen LogP contribution in [-0.4, -0.2) is 11.7 Å². The van der Waals surface area contributed by atoms with Crippen LogP contribution in [0.25, 0.3) is 11.0 Å². The van der Waals surface area contributed by atoms with Gasteiger partial charge in [-0.05, 0) is 28.9 Å². The maximum absolute atomic E-state index is 11.9. The third-order valence-corrected chi connectivity index (χ3v) is 5.00. The molecule has 2 unspecified atom stereocenters. The fraction of sp³-hybridized carbons (Fsp3) is 0.211. The number of hydrogen-bond donors (Lipinski definition) is 1. The van der Waals surface area contributed by atoms with Gasteiger partial charge in [-0.1, -0.05) is 30.3 Å². The minimum Gasteiger partial charge on any atom is -0.507 e. The van der Waals surface area contributed by atoms with Crippen molar-refractivity contribution in [3.63, 3.8) is 0 Å². The molecule has 1 aromatic heterocycles. The van der Waals surface area contributed by atoms with E-state index in [0.29, 0.717) is 27.6 Å². The molecule has 0 aliphatic carbocycles. The zero-order valence-electron chi connectivity index (χ0n) is 13.4. The zero-order chi connectivity index (χ0) is 17.6. The molecule has 2 aromatic carbocycles. The number of rotatable bonds is 2. The molecule has 25 heavy (non-hydrogen) atoms. The lowest BCUT2D eigenvalue weighted by Crippen LogP contribution is -2.22. The first-order valence-electron chi connectivity index (χ1n) is 7.80. The second-order valence-corrected chi connectivity index (χ2v) is 6.90. The zero-order valence-corrected chi connectivity index (χ0v) is 14.9. The predicted molar refractivity (Wildman–Crippen MR) is 95.4 cm³/mol. The van der Waals surface area contributed by atoms with Gasteiger partial charge in [-0.3, -0.25) is 0 Å². The second kappa shape index (κ2) is 5.98. The van der Waals surface area contributed by atoms with Gasteiger partial charge in [-0.25, -0.2) is 4.79 Å². The number of hydrogen-bond acceptors (Lipinski definition) is 5. The van der Waals surface area contributed by atoms with E-state index in [2.05, 4.69) is 15.9 Å². The summed E-state index contributed by atoms with van der Waals surface area (Å²) in [4.78, 5) is 11.9. The standard InChI is InChI=1S/C19H15BrO5/c1-19(11-5-3-2-4-6-11)23-10-17(25-19)13-8-18(22)24-16-9-15(21)14(20)7-12(13)16/h2-9,17,21H,10H2,1H3. The molecule has 6 heteroatoms. The van der Waals surface area contributed by atoms with Crippen molar-refractivity contribution in [2.75, 3.05) is 6.61 Å². The molecule has 1 N–H and O–H groups in total. The van der Waals surface area contributed by atoms with Gasteiger partial charge in [0.2, 0.25) is 0 Å². The molecule has 0 spiro atoms. The molecular formula is C19H15BrO5. The number of halogens is 1. The molecule has 0 saturated carbocycles. The van der Waals surface area contributed by atoms with Gasteiger partial charge in [-0.15, -0.1) is 0 Å². The normalized spacial score (nSPS) is 23.2. The average Bonchev–Trinajstić information content (AvgIpc) is 3.00. The Labute approximate surface area is 151 Å². The minimum absolute atomic E-state index is 0.00511. The molecule has 2 atom stereocenters. The van der Waals surface area contributed by atoms with Gasteiger partial charge in [0.05, 0.1) is 11.1 Å². The van der Waals surface area contributed by atoms with Crippen LogP contribution in [0.2, 0.25) is 0 Å². The smallest absolute Gasteiger partial charge is 0.336 e. The Hall–Kier alpha value is -2.15. The summed E-state index contributed by atoms with van der Waals surface area (Å²) in [6.07, 6.45) is -0.423. The number of aromatic hydroxyl groups is 1. The highest BCUT2D eigenvalue weighted by Gasteiger charge is 2.40. The molecule has 128 valence electrons. The molecule has 1 aliphatic heterocycles. The van der Waals surface area contributed by atoms with Crippen LogP contribution in [0.5, 0.6) is 5.75 Å². The van der Waals surface area contributed by atoms with Gasteiger partial charge in [0.15, 0.2) is 5.79 Å². The molecule has 1 saturated heterocycles. The van der Waals surface area contributed by atoms with Gasteiger partial charge < -0.3 is 19.0 Å². The number of benzene rings is 2. The first-order valence-corrected chi connectivity index (χ1v) is 8.59. The second-order valence-electron chi connectivity index (χ2n) is 6.05. The molecule has 1 aliphatic rings. The predicted octanol–water partition coefficient (Wildman–Crippen LogP) is 4.22. The van der Waals surface area contributed by atoms with Gasteiger partial charge in [0.25, 0.3) is 0 Å². The Balaban J connectivity index is 1.78. The van der Waals surface area contributed by atoms with Crippen LogP contribution >= 0.6 is 15.9 Å². The molecular weight excluding hydrogens is 388 g/mol. The van der Waals surface area contributed by atoms with Crippen molar-refractivity contribution in [3.8, 4) is 5.75 Å². The summed E-state index contributed by atoms with van der Waals surface area (Å²) in [7, 11) is 0. The molecule has 1 fully saturated rings. The van der Waals surface area contributed by atoms with E-state index in [0.717, 1.165) is 5.56 Å². The number of phenols is 1. The van der Waals surface area contributed by atoms with E-state index < -0.39 is 17.5 Å². The fourth-order valence-electron chi connectivity index (χ4n) is 3.08. The number of phenolic OH excluding ortho intramolecular Hbond substituents is 1. The summed E-state index contributed by atoms with van der Waals surface area (Å²) in [6, 6.07) is 14.2. The van der Waals surface area contributed by atoms with Crippen LogP contribution in [0.4, 0.5) is 0 Å². The summed E-state index contributed by atoms with van der Waals surface area (Å²) in [5, 5.41) is 10.5. The van der Waals surface area contributed by atoms with Crippen LogP contribution < -0.4 is 5.63 Å². The highest BCUT2D eigenvalue weighted by Crippen LogP contribution is 2.42. The summed E-state index contributed by atoms with van der Waals surface area (Å²) in [5.74, 6) is -0.881. The average molecular weight is 403 g/mol. The van der Waals surface area contributed by atoms with Gasteiger partial charge in [0, 0.05) is 28.6 Å². The lowest BCUT2D eigenvalue weighted by molar-refractivity contribution is -0.162. The van der Waals surface area contributed by atoms with Gasteiger partial charge in [0.1, 0.15) is 17.4 Å². The maximum Gasteiger partial charge on any atom is 0.336 e. The molecule has 0 amide bonds. The quantitative estimate of drug-likeness (QED) is 0.649. The molecule has 0 bridgehead atoms. The largest absolute Gasteiger partial charge is 0.507 e. The third-order valence-electron chi connectivity index (χ3n) is 4.37. The summed E-state index contributed by atoms with van der Waals surface area (Å²) in [6.45, 7) is 2.17. The maximum atomic E-state index is 11.9. The van der Waals surface area contributed by atoms with E-state index in [4.69, 9.17) is 13.9 Å². The van der Waals surface area contributed by atoms with Crippen LogP contribution in [0.15, 0.2) is 62.2 Å². The minimum atomic E-state index is -0.886. The lowest BCUT2D eigenvalue weighted by atomic mass is 10.0. The van der Waals surface area contributed by atoms with E-state index in [1.165, 1.54) is 12.1 Å². The van der Waals surface area contributed by atoms with Crippen LogP contribution in [0.3, 0.4) is 0 Å². The highest BCUT2D eigenvalue weighted by atomic mass is 79.9. The monoisotopic (exact) mass is 402 g/mol. The Morgan fingerprint density at radius 3 is 2.72 bits per heavy atom. The van der Waals surface area contributed by atoms with Crippen molar-refractivity contribution in [2.45, 2.75) is 18.8 Å². The Morgan fingerprint density at radius 2 is 1.96 bits per heavy atom. The summed E-state index contributed by atoms with van der Waals surface area (Å²) < 4.78 is 17.8. The molecule has 4 rings (SSSR count). The van der Waals surface area contributed by atoms with Crippen molar-refractivity contribution < 1.29 is 19.0 Å². The summed E-state index contributed by atoms with van der Waals surface area (Å²) >= 11 is 3.29. The summed E-state index contributed by atoms with van der Waals surface area (Å²) in [5.41, 5.74) is 1.39. The van der Waals surface area contributed by atoms with Gasteiger partial charge in [-0.2, -0.15) is 0 Å². The Morgan fingerprint density at radius 1 is 1.20 bits per heavy atom. The first-order chi connectivity index (χ1) is 12.0. The van der Waals surface area contributed by atoms with E-state index >= 15 is 0 Å². The lowest BCUT2D eigenvalue weighted by Gasteiger charge is -2.24. The number of ether oxygens (including phenoxy) is 2. The van der Waals surface area contributed by atoms with Crippen LogP contribution in [0.1, 0.15) is 24.2 Å². The topological polar surface area (TPSA) is 68.9 Å². The Kier molecular flexibility index (Phi) is 3.91. The van der Waals surface area contributed by atoms with E-state index in [9.17, 15) is 9.90 Å². The molecule has 0 radical (unpaired) electrons. The first kappa shape index (κ1) is 16.3. The van der Waals surface area contributed by atoms with Crippen molar-refractivity contribution in [1.82, 2.24) is 0 Å². The molecule has 3 aromatic rings. The molecule has 2 heterocycles. The van der Waals surface area contributed by atoms with E-state index in [-0.39, 0.29) is 5.75 Å².